The van der Waals surface area contributed by atoms with Crippen molar-refractivity contribution in [3.63, 3.8) is 0 Å². The predicted octanol–water partition coefficient (Wildman–Crippen LogP) is 1.23. The van der Waals surface area contributed by atoms with Crippen molar-refractivity contribution < 1.29 is 10.2 Å². The SMILES string of the molecule is O[C@@H]1C/C=C\C[C@@H](O)CCC1. The first kappa shape index (κ1) is 8.75. The molecule has 0 aromatic carbocycles. The van der Waals surface area contributed by atoms with Crippen molar-refractivity contribution in [2.24, 2.45) is 0 Å². The molecule has 0 amide bonds. The molecule has 1 aliphatic rings. The number of hydrogen-bond acceptors (Lipinski definition) is 2. The van der Waals surface area contributed by atoms with E-state index in [4.69, 9.17) is 0 Å². The van der Waals surface area contributed by atoms with E-state index in [0.717, 1.165) is 32.1 Å². The Morgan fingerprint density at radius 2 is 1.36 bits per heavy atom. The highest BCUT2D eigenvalue weighted by atomic mass is 16.3. The molecule has 2 heteroatoms. The molecule has 11 heavy (non-hydrogen) atoms. The van der Waals surface area contributed by atoms with Crippen molar-refractivity contribution in [3.8, 4) is 0 Å². The van der Waals surface area contributed by atoms with Gasteiger partial charge in [0.25, 0.3) is 0 Å². The second-order valence-corrected chi connectivity index (χ2v) is 3.18. The largest absolute Gasteiger partial charge is 0.393 e. The minimum atomic E-state index is -0.198. The third-order valence-corrected chi connectivity index (χ3v) is 2.06. The smallest absolute Gasteiger partial charge is 0.0574 e. The van der Waals surface area contributed by atoms with Gasteiger partial charge in [-0.1, -0.05) is 12.2 Å². The molecule has 0 spiro atoms. The van der Waals surface area contributed by atoms with Crippen LogP contribution in [0.2, 0.25) is 0 Å². The van der Waals surface area contributed by atoms with Gasteiger partial charge in [0.1, 0.15) is 0 Å². The fraction of sp³-hybridized carbons (Fsp3) is 0.778. The fourth-order valence-corrected chi connectivity index (χ4v) is 1.33. The summed E-state index contributed by atoms with van der Waals surface area (Å²) in [6.45, 7) is 0. The average molecular weight is 156 g/mol. The van der Waals surface area contributed by atoms with E-state index in [9.17, 15) is 10.2 Å². The lowest BCUT2D eigenvalue weighted by molar-refractivity contribution is 0.140. The van der Waals surface area contributed by atoms with Crippen LogP contribution in [0.15, 0.2) is 12.2 Å². The Bertz CT molecular complexity index is 118. The van der Waals surface area contributed by atoms with Crippen LogP contribution in [0.4, 0.5) is 0 Å². The third-order valence-electron chi connectivity index (χ3n) is 2.06. The van der Waals surface area contributed by atoms with Gasteiger partial charge in [0.05, 0.1) is 12.2 Å². The van der Waals surface area contributed by atoms with Crippen LogP contribution in [0.3, 0.4) is 0 Å². The molecule has 0 heterocycles. The first-order chi connectivity index (χ1) is 5.29. The molecule has 0 radical (unpaired) electrons. The van der Waals surface area contributed by atoms with Crippen molar-refractivity contribution in [2.75, 3.05) is 0 Å². The number of rotatable bonds is 0. The van der Waals surface area contributed by atoms with E-state index in [1.807, 2.05) is 12.2 Å². The van der Waals surface area contributed by atoms with Crippen LogP contribution >= 0.6 is 0 Å². The molecule has 0 saturated carbocycles. The third kappa shape index (κ3) is 3.54. The molecule has 0 fully saturated rings. The Labute approximate surface area is 67.6 Å². The molecule has 0 saturated heterocycles. The number of aliphatic hydroxyl groups excluding tert-OH is 2. The van der Waals surface area contributed by atoms with Crippen LogP contribution < -0.4 is 0 Å². The van der Waals surface area contributed by atoms with Gasteiger partial charge in [-0.05, 0) is 32.1 Å². The summed E-state index contributed by atoms with van der Waals surface area (Å²) in [5.41, 5.74) is 0. The van der Waals surface area contributed by atoms with Crippen molar-refractivity contribution >= 4 is 0 Å². The average Bonchev–Trinajstić information content (AvgIpc) is 2.04. The van der Waals surface area contributed by atoms with Gasteiger partial charge in [0.15, 0.2) is 0 Å². The van der Waals surface area contributed by atoms with Gasteiger partial charge in [-0.3, -0.25) is 0 Å². The van der Waals surface area contributed by atoms with Crippen LogP contribution in [0, 0.1) is 0 Å². The van der Waals surface area contributed by atoms with Gasteiger partial charge in [-0.2, -0.15) is 0 Å². The van der Waals surface area contributed by atoms with E-state index in [1.54, 1.807) is 0 Å². The summed E-state index contributed by atoms with van der Waals surface area (Å²) in [5.74, 6) is 0. The normalized spacial score (nSPS) is 36.9. The second-order valence-electron chi connectivity index (χ2n) is 3.18. The molecule has 2 atom stereocenters. The highest BCUT2D eigenvalue weighted by Gasteiger charge is 2.07. The lowest BCUT2D eigenvalue weighted by Gasteiger charge is -2.07. The Hall–Kier alpha value is -0.340. The summed E-state index contributed by atoms with van der Waals surface area (Å²) in [6, 6.07) is 0. The number of hydrogen-bond donors (Lipinski definition) is 2. The Morgan fingerprint density at radius 1 is 0.909 bits per heavy atom. The van der Waals surface area contributed by atoms with E-state index >= 15 is 0 Å². The first-order valence-corrected chi connectivity index (χ1v) is 4.30. The fourth-order valence-electron chi connectivity index (χ4n) is 1.33. The van der Waals surface area contributed by atoms with Crippen molar-refractivity contribution in [1.82, 2.24) is 0 Å². The molecule has 1 aliphatic carbocycles. The molecule has 64 valence electrons. The molecule has 0 aromatic rings. The van der Waals surface area contributed by atoms with Gasteiger partial charge in [0.2, 0.25) is 0 Å². The van der Waals surface area contributed by atoms with Gasteiger partial charge in [0, 0.05) is 0 Å². The maximum absolute atomic E-state index is 9.29. The highest BCUT2D eigenvalue weighted by Crippen LogP contribution is 2.12. The van der Waals surface area contributed by atoms with Crippen LogP contribution in [-0.4, -0.2) is 22.4 Å². The molecule has 0 bridgehead atoms. The molecular weight excluding hydrogens is 140 g/mol. The zero-order chi connectivity index (χ0) is 8.10. The van der Waals surface area contributed by atoms with E-state index in [2.05, 4.69) is 0 Å². The maximum atomic E-state index is 9.29. The maximum Gasteiger partial charge on any atom is 0.0574 e. The van der Waals surface area contributed by atoms with E-state index in [0.29, 0.717) is 0 Å². The predicted molar refractivity (Wildman–Crippen MR) is 44.2 cm³/mol. The summed E-state index contributed by atoms with van der Waals surface area (Å²) in [5, 5.41) is 18.6. The molecule has 0 aliphatic heterocycles. The van der Waals surface area contributed by atoms with Gasteiger partial charge >= 0.3 is 0 Å². The molecule has 2 N–H and O–H groups in total. The summed E-state index contributed by atoms with van der Waals surface area (Å²) >= 11 is 0. The van der Waals surface area contributed by atoms with E-state index < -0.39 is 0 Å². The van der Waals surface area contributed by atoms with Gasteiger partial charge < -0.3 is 10.2 Å². The highest BCUT2D eigenvalue weighted by molar-refractivity contribution is 4.87. The second kappa shape index (κ2) is 4.52. The Balaban J connectivity index is 2.35. The quantitative estimate of drug-likeness (QED) is 0.518. The summed E-state index contributed by atoms with van der Waals surface area (Å²) in [7, 11) is 0. The summed E-state index contributed by atoms with van der Waals surface area (Å²) in [4.78, 5) is 0. The zero-order valence-electron chi connectivity index (χ0n) is 6.74. The Morgan fingerprint density at radius 3 is 1.82 bits per heavy atom. The topological polar surface area (TPSA) is 40.5 Å². The lowest BCUT2D eigenvalue weighted by Crippen LogP contribution is -2.07. The Kier molecular flexibility index (Phi) is 3.60. The molecular formula is C9H16O2. The molecule has 2 nitrogen and oxygen atoms in total. The van der Waals surface area contributed by atoms with Crippen LogP contribution in [0.1, 0.15) is 32.1 Å². The zero-order valence-corrected chi connectivity index (χ0v) is 6.74. The van der Waals surface area contributed by atoms with E-state index in [-0.39, 0.29) is 12.2 Å². The lowest BCUT2D eigenvalue weighted by atomic mass is 10.1. The minimum absolute atomic E-state index is 0.198. The summed E-state index contributed by atoms with van der Waals surface area (Å²) in [6.07, 6.45) is 7.58. The van der Waals surface area contributed by atoms with Gasteiger partial charge in [-0.25, -0.2) is 0 Å². The van der Waals surface area contributed by atoms with Crippen molar-refractivity contribution in [1.29, 1.82) is 0 Å². The van der Waals surface area contributed by atoms with Crippen LogP contribution in [0.25, 0.3) is 0 Å². The van der Waals surface area contributed by atoms with E-state index in [1.165, 1.54) is 0 Å². The molecule has 1 rings (SSSR count). The van der Waals surface area contributed by atoms with Gasteiger partial charge in [-0.15, -0.1) is 0 Å². The summed E-state index contributed by atoms with van der Waals surface area (Å²) < 4.78 is 0. The first-order valence-electron chi connectivity index (χ1n) is 4.30. The minimum Gasteiger partial charge on any atom is -0.393 e. The van der Waals surface area contributed by atoms with Crippen molar-refractivity contribution in [3.05, 3.63) is 12.2 Å². The van der Waals surface area contributed by atoms with Crippen LogP contribution in [0.5, 0.6) is 0 Å². The number of aliphatic hydroxyl groups is 2. The van der Waals surface area contributed by atoms with Crippen LogP contribution in [-0.2, 0) is 0 Å². The monoisotopic (exact) mass is 156 g/mol. The van der Waals surface area contributed by atoms with Crippen molar-refractivity contribution in [2.45, 2.75) is 44.3 Å². The standard InChI is InChI=1S/C9H16O2/c10-8-4-1-2-5-9(11)7-3-6-8/h1-2,8-11H,3-7H2/b2-1-/t8-,9-/m1/s1. The molecule has 0 aromatic heterocycles. The molecule has 0 unspecified atom stereocenters.